The molecule has 0 heterocycles. The summed E-state index contributed by atoms with van der Waals surface area (Å²) >= 11 is 0. The van der Waals surface area contributed by atoms with Gasteiger partial charge in [-0.2, -0.15) is 0 Å². The molecule has 0 rings (SSSR count). The maximum Gasteiger partial charge on any atom is -0.0173 e. The molecule has 0 saturated heterocycles. The molecule has 0 unspecified atom stereocenters. The van der Waals surface area contributed by atoms with Crippen molar-refractivity contribution in [2.75, 3.05) is 0 Å². The minimum atomic E-state index is 0.360. The van der Waals surface area contributed by atoms with Gasteiger partial charge in [-0.3, -0.25) is 0 Å². The molecule has 0 saturated carbocycles. The fraction of sp³-hybridized carbons (Fsp3) is 0.818. The Morgan fingerprint density at radius 1 is 1.09 bits per heavy atom. The Morgan fingerprint density at radius 2 is 1.55 bits per heavy atom. The predicted octanol–water partition coefficient (Wildman–Crippen LogP) is 4.17. The van der Waals surface area contributed by atoms with Crippen LogP contribution in [0.25, 0.3) is 0 Å². The van der Waals surface area contributed by atoms with Gasteiger partial charge in [0.1, 0.15) is 0 Å². The third-order valence-electron chi connectivity index (χ3n) is 2.39. The highest BCUT2D eigenvalue weighted by molar-refractivity contribution is 5.15. The zero-order valence-corrected chi connectivity index (χ0v) is 8.91. The fourth-order valence-corrected chi connectivity index (χ4v) is 1.20. The van der Waals surface area contributed by atoms with Crippen LogP contribution in [0.4, 0.5) is 0 Å². The van der Waals surface area contributed by atoms with Crippen LogP contribution < -0.4 is 0 Å². The average Bonchev–Trinajstić information content (AvgIpc) is 1.85. The monoisotopic (exact) mass is 154 g/mol. The second-order valence-corrected chi connectivity index (χ2v) is 4.41. The first-order chi connectivity index (χ1) is 4.89. The van der Waals surface area contributed by atoms with Gasteiger partial charge in [-0.05, 0) is 25.7 Å². The molecule has 66 valence electrons. The zero-order valence-electron chi connectivity index (χ0n) is 8.91. The quantitative estimate of drug-likeness (QED) is 0.524. The van der Waals surface area contributed by atoms with Crippen molar-refractivity contribution in [2.24, 2.45) is 5.41 Å². The van der Waals surface area contributed by atoms with E-state index in [1.165, 1.54) is 12.8 Å². The van der Waals surface area contributed by atoms with Crippen LogP contribution in [0.1, 0.15) is 54.4 Å². The van der Waals surface area contributed by atoms with Crippen molar-refractivity contribution in [2.45, 2.75) is 54.4 Å². The molecule has 0 aliphatic carbocycles. The topological polar surface area (TPSA) is 0 Å². The summed E-state index contributed by atoms with van der Waals surface area (Å²) in [4.78, 5) is 0. The van der Waals surface area contributed by atoms with E-state index in [0.29, 0.717) is 5.41 Å². The van der Waals surface area contributed by atoms with Crippen LogP contribution in [-0.2, 0) is 0 Å². The van der Waals surface area contributed by atoms with E-state index in [9.17, 15) is 0 Å². The maximum atomic E-state index is 2.28. The van der Waals surface area contributed by atoms with Gasteiger partial charge in [0.25, 0.3) is 0 Å². The Hall–Kier alpha value is -0.260. The Kier molecular flexibility index (Phi) is 3.85. The Balaban J connectivity index is 4.39. The van der Waals surface area contributed by atoms with Gasteiger partial charge in [0.2, 0.25) is 0 Å². The van der Waals surface area contributed by atoms with E-state index >= 15 is 0 Å². The van der Waals surface area contributed by atoms with Crippen LogP contribution in [0.5, 0.6) is 0 Å². The van der Waals surface area contributed by atoms with Crippen LogP contribution in [0.2, 0.25) is 0 Å². The summed E-state index contributed by atoms with van der Waals surface area (Å²) in [6.07, 6.45) is 2.52. The van der Waals surface area contributed by atoms with E-state index in [0.717, 1.165) is 0 Å². The molecule has 0 aromatic heterocycles. The normalized spacial score (nSPS) is 14.7. The lowest BCUT2D eigenvalue weighted by atomic mass is 9.84. The van der Waals surface area contributed by atoms with Crippen molar-refractivity contribution in [3.8, 4) is 0 Å². The van der Waals surface area contributed by atoms with Crippen LogP contribution in [0.3, 0.4) is 0 Å². The average molecular weight is 154 g/mol. The maximum absolute atomic E-state index is 2.28. The minimum Gasteiger partial charge on any atom is -0.0739 e. The SMILES string of the molecule is CCCC(C)=C(C)C(C)(C)C. The van der Waals surface area contributed by atoms with Crippen LogP contribution >= 0.6 is 0 Å². The van der Waals surface area contributed by atoms with E-state index in [-0.39, 0.29) is 0 Å². The molecule has 0 aromatic carbocycles. The van der Waals surface area contributed by atoms with E-state index in [4.69, 9.17) is 0 Å². The summed E-state index contributed by atoms with van der Waals surface area (Å²) in [7, 11) is 0. The van der Waals surface area contributed by atoms with E-state index < -0.39 is 0 Å². The molecule has 0 aliphatic heterocycles. The molecule has 0 fully saturated rings. The number of hydrogen-bond acceptors (Lipinski definition) is 0. The Labute approximate surface area is 71.7 Å². The van der Waals surface area contributed by atoms with E-state index in [1.54, 1.807) is 11.1 Å². The molecular weight excluding hydrogens is 132 g/mol. The number of allylic oxidation sites excluding steroid dienone is 2. The van der Waals surface area contributed by atoms with Crippen molar-refractivity contribution in [1.29, 1.82) is 0 Å². The molecule has 0 spiro atoms. The van der Waals surface area contributed by atoms with Crippen molar-refractivity contribution in [1.82, 2.24) is 0 Å². The lowest BCUT2D eigenvalue weighted by molar-refractivity contribution is 0.495. The Bertz CT molecular complexity index is 144. The standard InChI is InChI=1S/C11H22/c1-7-8-9(2)10(3)11(4,5)6/h7-8H2,1-6H3. The highest BCUT2D eigenvalue weighted by Gasteiger charge is 2.14. The van der Waals surface area contributed by atoms with E-state index in [2.05, 4.69) is 41.5 Å². The van der Waals surface area contributed by atoms with Gasteiger partial charge in [-0.15, -0.1) is 0 Å². The Morgan fingerprint density at radius 3 is 1.82 bits per heavy atom. The van der Waals surface area contributed by atoms with Gasteiger partial charge in [-0.25, -0.2) is 0 Å². The molecule has 0 atom stereocenters. The second-order valence-electron chi connectivity index (χ2n) is 4.41. The number of rotatable bonds is 2. The largest absolute Gasteiger partial charge is 0.0739 e. The molecule has 0 heteroatoms. The van der Waals surface area contributed by atoms with Gasteiger partial charge in [-0.1, -0.05) is 45.3 Å². The van der Waals surface area contributed by atoms with Crippen molar-refractivity contribution in [3.63, 3.8) is 0 Å². The molecule has 0 amide bonds. The lowest BCUT2D eigenvalue weighted by Crippen LogP contribution is -2.08. The van der Waals surface area contributed by atoms with Crippen LogP contribution in [-0.4, -0.2) is 0 Å². The van der Waals surface area contributed by atoms with Crippen LogP contribution in [0.15, 0.2) is 11.1 Å². The first-order valence-corrected chi connectivity index (χ1v) is 4.56. The highest BCUT2D eigenvalue weighted by Crippen LogP contribution is 2.28. The van der Waals surface area contributed by atoms with Crippen molar-refractivity contribution >= 4 is 0 Å². The minimum absolute atomic E-state index is 0.360. The third kappa shape index (κ3) is 3.60. The molecule has 0 N–H and O–H groups in total. The van der Waals surface area contributed by atoms with Crippen LogP contribution in [0, 0.1) is 5.41 Å². The van der Waals surface area contributed by atoms with Gasteiger partial charge < -0.3 is 0 Å². The van der Waals surface area contributed by atoms with Gasteiger partial charge in [0, 0.05) is 0 Å². The number of hydrogen-bond donors (Lipinski definition) is 0. The first-order valence-electron chi connectivity index (χ1n) is 4.56. The van der Waals surface area contributed by atoms with Gasteiger partial charge in [0.15, 0.2) is 0 Å². The van der Waals surface area contributed by atoms with Crippen molar-refractivity contribution in [3.05, 3.63) is 11.1 Å². The second kappa shape index (κ2) is 3.94. The fourth-order valence-electron chi connectivity index (χ4n) is 1.20. The molecule has 0 bridgehead atoms. The zero-order chi connectivity index (χ0) is 9.07. The van der Waals surface area contributed by atoms with Crippen molar-refractivity contribution < 1.29 is 0 Å². The molecular formula is C11H22. The first kappa shape index (κ1) is 10.7. The summed E-state index contributed by atoms with van der Waals surface area (Å²) in [5.74, 6) is 0. The van der Waals surface area contributed by atoms with E-state index in [1.807, 2.05) is 0 Å². The lowest BCUT2D eigenvalue weighted by Gasteiger charge is -2.22. The van der Waals surface area contributed by atoms with Gasteiger partial charge in [0.05, 0.1) is 0 Å². The summed E-state index contributed by atoms with van der Waals surface area (Å²) in [5.41, 5.74) is 3.48. The van der Waals surface area contributed by atoms with Gasteiger partial charge >= 0.3 is 0 Å². The highest BCUT2D eigenvalue weighted by atomic mass is 14.2. The summed E-state index contributed by atoms with van der Waals surface area (Å²) < 4.78 is 0. The summed E-state index contributed by atoms with van der Waals surface area (Å²) in [6.45, 7) is 13.6. The molecule has 0 aliphatic rings. The third-order valence-corrected chi connectivity index (χ3v) is 2.39. The molecule has 0 radical (unpaired) electrons. The predicted molar refractivity (Wildman–Crippen MR) is 52.7 cm³/mol. The molecule has 0 nitrogen and oxygen atoms in total. The molecule has 0 aromatic rings. The molecule has 11 heavy (non-hydrogen) atoms. The summed E-state index contributed by atoms with van der Waals surface area (Å²) in [5, 5.41) is 0. The summed E-state index contributed by atoms with van der Waals surface area (Å²) in [6, 6.07) is 0. The smallest absolute Gasteiger partial charge is 0.0173 e.